The Labute approximate surface area is 198 Å². The van der Waals surface area contributed by atoms with E-state index >= 15 is 0 Å². The largest absolute Gasteiger partial charge is 0.462 e. The third kappa shape index (κ3) is 5.99. The first-order valence-electron chi connectivity index (χ1n) is 11.5. The van der Waals surface area contributed by atoms with Gasteiger partial charge in [-0.15, -0.1) is 0 Å². The van der Waals surface area contributed by atoms with Crippen LogP contribution in [0.3, 0.4) is 0 Å². The van der Waals surface area contributed by atoms with Gasteiger partial charge < -0.3 is 15.0 Å². The van der Waals surface area contributed by atoms with Crippen LogP contribution in [0.5, 0.6) is 0 Å². The molecule has 0 aromatic heterocycles. The lowest BCUT2D eigenvalue weighted by Gasteiger charge is -2.37. The SMILES string of the molecule is CCOC(=O)c1ccc(NC(=O)[C@@H]2CC(=O)NC(N3CCN(Cc4ccccc4)CC3)=N2)cc1. The van der Waals surface area contributed by atoms with Gasteiger partial charge >= 0.3 is 5.97 Å². The van der Waals surface area contributed by atoms with Crippen LogP contribution in [0.2, 0.25) is 0 Å². The molecular weight excluding hydrogens is 434 g/mol. The van der Waals surface area contributed by atoms with E-state index in [0.29, 0.717) is 23.8 Å². The van der Waals surface area contributed by atoms with Gasteiger partial charge in [0.05, 0.1) is 18.6 Å². The number of benzene rings is 2. The molecule has 0 unspecified atom stereocenters. The highest BCUT2D eigenvalue weighted by Crippen LogP contribution is 2.15. The fourth-order valence-corrected chi connectivity index (χ4v) is 3.98. The maximum atomic E-state index is 12.8. The number of guanidine groups is 1. The molecule has 0 radical (unpaired) electrons. The molecule has 1 saturated heterocycles. The number of carbonyl (C=O) groups excluding carboxylic acids is 3. The number of amides is 2. The average Bonchev–Trinajstić information content (AvgIpc) is 2.85. The van der Waals surface area contributed by atoms with Crippen LogP contribution in [0.25, 0.3) is 0 Å². The fourth-order valence-electron chi connectivity index (χ4n) is 3.98. The monoisotopic (exact) mass is 463 g/mol. The summed E-state index contributed by atoms with van der Waals surface area (Å²) in [6, 6.07) is 15.9. The molecule has 2 aliphatic rings. The van der Waals surface area contributed by atoms with Crippen molar-refractivity contribution in [2.24, 2.45) is 4.99 Å². The topological polar surface area (TPSA) is 103 Å². The Morgan fingerprint density at radius 2 is 1.76 bits per heavy atom. The van der Waals surface area contributed by atoms with E-state index in [1.165, 1.54) is 5.56 Å². The van der Waals surface area contributed by atoms with Crippen LogP contribution < -0.4 is 10.6 Å². The van der Waals surface area contributed by atoms with Crippen molar-refractivity contribution in [3.63, 3.8) is 0 Å². The van der Waals surface area contributed by atoms with E-state index in [-0.39, 0.29) is 18.2 Å². The van der Waals surface area contributed by atoms with Crippen LogP contribution in [0, 0.1) is 0 Å². The third-order valence-electron chi connectivity index (χ3n) is 5.80. The minimum Gasteiger partial charge on any atom is -0.462 e. The number of hydrogen-bond donors (Lipinski definition) is 2. The van der Waals surface area contributed by atoms with Crippen molar-refractivity contribution >= 4 is 29.4 Å². The van der Waals surface area contributed by atoms with Crippen molar-refractivity contribution < 1.29 is 19.1 Å². The van der Waals surface area contributed by atoms with Gasteiger partial charge in [-0.2, -0.15) is 0 Å². The third-order valence-corrected chi connectivity index (χ3v) is 5.80. The number of anilines is 1. The summed E-state index contributed by atoms with van der Waals surface area (Å²) in [7, 11) is 0. The summed E-state index contributed by atoms with van der Waals surface area (Å²) < 4.78 is 4.97. The van der Waals surface area contributed by atoms with Gasteiger partial charge in [0.1, 0.15) is 6.04 Å². The molecule has 178 valence electrons. The molecule has 2 N–H and O–H groups in total. The summed E-state index contributed by atoms with van der Waals surface area (Å²) in [6.45, 7) is 6.04. The molecule has 0 saturated carbocycles. The van der Waals surface area contributed by atoms with E-state index in [1.54, 1.807) is 31.2 Å². The molecule has 1 fully saturated rings. The van der Waals surface area contributed by atoms with Gasteiger partial charge in [0.25, 0.3) is 0 Å². The summed E-state index contributed by atoms with van der Waals surface area (Å²) >= 11 is 0. The molecule has 0 spiro atoms. The molecule has 4 rings (SSSR count). The highest BCUT2D eigenvalue weighted by atomic mass is 16.5. The average molecular weight is 464 g/mol. The van der Waals surface area contributed by atoms with Gasteiger partial charge in [0.2, 0.25) is 17.8 Å². The highest BCUT2D eigenvalue weighted by molar-refractivity contribution is 6.06. The Bertz CT molecular complexity index is 1050. The first kappa shape index (κ1) is 23.4. The van der Waals surface area contributed by atoms with Crippen LogP contribution in [0.4, 0.5) is 5.69 Å². The predicted octanol–water partition coefficient (Wildman–Crippen LogP) is 1.86. The van der Waals surface area contributed by atoms with E-state index in [2.05, 4.69) is 32.7 Å². The highest BCUT2D eigenvalue weighted by Gasteiger charge is 2.30. The van der Waals surface area contributed by atoms with Crippen LogP contribution in [-0.2, 0) is 20.9 Å². The molecule has 2 aromatic rings. The molecule has 2 amide bonds. The maximum Gasteiger partial charge on any atom is 0.338 e. The number of hydrogen-bond acceptors (Lipinski definition) is 7. The minimum absolute atomic E-state index is 0.00971. The van der Waals surface area contributed by atoms with E-state index in [1.807, 2.05) is 23.1 Å². The lowest BCUT2D eigenvalue weighted by Crippen LogP contribution is -2.56. The zero-order valence-electron chi connectivity index (χ0n) is 19.2. The van der Waals surface area contributed by atoms with Crippen LogP contribution >= 0.6 is 0 Å². The standard InChI is InChI=1S/C25H29N5O4/c1-2-34-24(33)19-8-10-20(11-9-19)26-23(32)21-16-22(31)28-25(27-21)30-14-12-29(13-15-30)17-18-6-4-3-5-7-18/h3-11,21H,2,12-17H2,1H3,(H,26,32)(H,27,28,31)/t21-/m0/s1. The number of nitrogens with one attached hydrogen (secondary N) is 2. The van der Waals surface area contributed by atoms with Gasteiger partial charge in [-0.1, -0.05) is 30.3 Å². The van der Waals surface area contributed by atoms with Crippen molar-refractivity contribution in [1.29, 1.82) is 0 Å². The summed E-state index contributed by atoms with van der Waals surface area (Å²) in [4.78, 5) is 45.8. The van der Waals surface area contributed by atoms with Crippen molar-refractivity contribution in [2.45, 2.75) is 25.9 Å². The zero-order chi connectivity index (χ0) is 23.9. The van der Waals surface area contributed by atoms with Crippen molar-refractivity contribution in [1.82, 2.24) is 15.1 Å². The number of aliphatic imine (C=N–C) groups is 1. The van der Waals surface area contributed by atoms with Crippen molar-refractivity contribution in [3.05, 3.63) is 65.7 Å². The number of rotatable bonds is 6. The molecule has 1 atom stereocenters. The number of piperazine rings is 1. The van der Waals surface area contributed by atoms with Crippen LogP contribution in [0.15, 0.2) is 59.6 Å². The van der Waals surface area contributed by atoms with E-state index < -0.39 is 12.0 Å². The number of esters is 1. The fraction of sp³-hybridized carbons (Fsp3) is 0.360. The van der Waals surface area contributed by atoms with Crippen LogP contribution in [-0.4, -0.2) is 72.4 Å². The second-order valence-electron chi connectivity index (χ2n) is 8.26. The Kier molecular flexibility index (Phi) is 7.54. The smallest absolute Gasteiger partial charge is 0.338 e. The minimum atomic E-state index is -0.809. The molecule has 34 heavy (non-hydrogen) atoms. The molecule has 2 heterocycles. The molecule has 9 heteroatoms. The summed E-state index contributed by atoms with van der Waals surface area (Å²) in [5, 5.41) is 5.60. The Balaban J connectivity index is 1.34. The van der Waals surface area contributed by atoms with Gasteiger partial charge in [0, 0.05) is 38.4 Å². The first-order chi connectivity index (χ1) is 16.5. The van der Waals surface area contributed by atoms with Crippen molar-refractivity contribution in [3.8, 4) is 0 Å². The molecule has 2 aliphatic heterocycles. The van der Waals surface area contributed by atoms with Gasteiger partial charge in [-0.05, 0) is 36.8 Å². The second kappa shape index (κ2) is 10.9. The first-order valence-corrected chi connectivity index (χ1v) is 11.5. The lowest BCUT2D eigenvalue weighted by molar-refractivity contribution is -0.125. The van der Waals surface area contributed by atoms with Crippen LogP contribution in [0.1, 0.15) is 29.3 Å². The van der Waals surface area contributed by atoms with E-state index in [9.17, 15) is 14.4 Å². The Hall–Kier alpha value is -3.72. The predicted molar refractivity (Wildman–Crippen MR) is 128 cm³/mol. The molecule has 0 aliphatic carbocycles. The number of ether oxygens (including phenoxy) is 1. The normalized spacial score (nSPS) is 18.6. The summed E-state index contributed by atoms with van der Waals surface area (Å²) in [6.07, 6.45) is -0.00971. The maximum absolute atomic E-state index is 12.8. The molecule has 2 aromatic carbocycles. The molecule has 0 bridgehead atoms. The zero-order valence-corrected chi connectivity index (χ0v) is 19.2. The van der Waals surface area contributed by atoms with Crippen molar-refractivity contribution in [2.75, 3.05) is 38.1 Å². The Morgan fingerprint density at radius 1 is 1.06 bits per heavy atom. The number of carbonyl (C=O) groups is 3. The second-order valence-corrected chi connectivity index (χ2v) is 8.26. The molecule has 9 nitrogen and oxygen atoms in total. The van der Waals surface area contributed by atoms with Gasteiger partial charge in [0.15, 0.2) is 0 Å². The summed E-state index contributed by atoms with van der Waals surface area (Å²) in [5.41, 5.74) is 2.20. The van der Waals surface area contributed by atoms with E-state index in [0.717, 1.165) is 32.7 Å². The van der Waals surface area contributed by atoms with E-state index in [4.69, 9.17) is 4.74 Å². The number of nitrogens with zero attached hydrogens (tertiary/aromatic N) is 3. The quantitative estimate of drug-likeness (QED) is 0.634. The van der Waals surface area contributed by atoms with Gasteiger partial charge in [-0.25, -0.2) is 9.79 Å². The summed E-state index contributed by atoms with van der Waals surface area (Å²) in [5.74, 6) is -0.552. The van der Waals surface area contributed by atoms with Gasteiger partial charge in [-0.3, -0.25) is 19.8 Å². The molecular formula is C25H29N5O4. The Morgan fingerprint density at radius 3 is 2.44 bits per heavy atom. The lowest BCUT2D eigenvalue weighted by atomic mass is 10.1.